The largest absolute Gasteiger partial charge is 0.361 e. The Balaban J connectivity index is 1.23. The zero-order valence-electron chi connectivity index (χ0n) is 16.6. The normalized spacial score (nSPS) is 16.1. The number of amides is 4. The quantitative estimate of drug-likeness (QED) is 0.504. The summed E-state index contributed by atoms with van der Waals surface area (Å²) in [5.41, 5.74) is 3.12. The highest BCUT2D eigenvalue weighted by molar-refractivity contribution is 6.04. The zero-order valence-corrected chi connectivity index (χ0v) is 16.6. The van der Waals surface area contributed by atoms with Gasteiger partial charge in [0.25, 0.3) is 5.91 Å². The van der Waals surface area contributed by atoms with Crippen molar-refractivity contribution in [1.29, 1.82) is 0 Å². The molecule has 0 radical (unpaired) electrons. The molecule has 1 aliphatic heterocycles. The second kappa shape index (κ2) is 8.82. The molecule has 4 amide bonds. The van der Waals surface area contributed by atoms with Gasteiger partial charge in [0, 0.05) is 30.1 Å². The van der Waals surface area contributed by atoms with Gasteiger partial charge >= 0.3 is 6.03 Å². The summed E-state index contributed by atoms with van der Waals surface area (Å²) in [6.45, 7) is 0.755. The maximum absolute atomic E-state index is 12.5. The molecule has 0 saturated carbocycles. The Kier molecular flexibility index (Phi) is 5.79. The summed E-state index contributed by atoms with van der Waals surface area (Å²) in [7, 11) is 0. The van der Waals surface area contributed by atoms with E-state index in [9.17, 15) is 14.4 Å². The average Bonchev–Trinajstić information content (AvgIpc) is 3.29. The predicted molar refractivity (Wildman–Crippen MR) is 114 cm³/mol. The van der Waals surface area contributed by atoms with E-state index in [-0.39, 0.29) is 31.2 Å². The number of H-pyrrole nitrogens is 1. The highest BCUT2D eigenvalue weighted by Gasteiger charge is 2.37. The SMILES string of the molecule is O=C(CC[C@@H]1NC(=O)N(Cc2ccccc2)C1=O)NCCc1c[nH]c2ccccc12. The summed E-state index contributed by atoms with van der Waals surface area (Å²) in [6, 6.07) is 16.3. The number of nitrogens with zero attached hydrogens (tertiary/aromatic N) is 1. The third-order valence-electron chi connectivity index (χ3n) is 5.34. The fourth-order valence-electron chi connectivity index (χ4n) is 3.73. The van der Waals surface area contributed by atoms with Gasteiger partial charge in [-0.05, 0) is 30.0 Å². The first-order valence-corrected chi connectivity index (χ1v) is 10.1. The van der Waals surface area contributed by atoms with Crippen LogP contribution in [0.3, 0.4) is 0 Å². The number of fused-ring (bicyclic) bond motifs is 1. The molecule has 2 heterocycles. The van der Waals surface area contributed by atoms with Crippen LogP contribution in [0.1, 0.15) is 24.0 Å². The van der Waals surface area contributed by atoms with Crippen LogP contribution in [0.5, 0.6) is 0 Å². The number of carbonyl (C=O) groups excluding carboxylic acids is 3. The molecule has 0 aliphatic carbocycles. The number of para-hydroxylation sites is 1. The van der Waals surface area contributed by atoms with E-state index in [0.717, 1.165) is 28.5 Å². The van der Waals surface area contributed by atoms with Gasteiger partial charge in [-0.2, -0.15) is 0 Å². The molecule has 1 fully saturated rings. The van der Waals surface area contributed by atoms with Crippen LogP contribution in [0.15, 0.2) is 60.8 Å². The number of aromatic amines is 1. The van der Waals surface area contributed by atoms with Crippen molar-refractivity contribution in [3.63, 3.8) is 0 Å². The van der Waals surface area contributed by atoms with E-state index in [2.05, 4.69) is 21.7 Å². The molecule has 0 unspecified atom stereocenters. The van der Waals surface area contributed by atoms with Gasteiger partial charge in [-0.25, -0.2) is 4.79 Å². The van der Waals surface area contributed by atoms with Crippen molar-refractivity contribution in [2.24, 2.45) is 0 Å². The molecule has 1 atom stereocenters. The van der Waals surface area contributed by atoms with Crippen LogP contribution in [0, 0.1) is 0 Å². The van der Waals surface area contributed by atoms with Crippen molar-refractivity contribution in [2.75, 3.05) is 6.54 Å². The first-order chi connectivity index (χ1) is 14.6. The minimum atomic E-state index is -0.652. The molecule has 0 bridgehead atoms. The minimum absolute atomic E-state index is 0.126. The molecule has 1 aliphatic rings. The molecule has 1 aromatic heterocycles. The maximum Gasteiger partial charge on any atom is 0.325 e. The number of hydrogen-bond donors (Lipinski definition) is 3. The third kappa shape index (κ3) is 4.35. The van der Waals surface area contributed by atoms with Crippen LogP contribution in [-0.2, 0) is 22.6 Å². The number of imide groups is 1. The van der Waals surface area contributed by atoms with Crippen LogP contribution in [0.25, 0.3) is 10.9 Å². The molecule has 1 saturated heterocycles. The number of hydrogen-bond acceptors (Lipinski definition) is 3. The number of aromatic nitrogens is 1. The predicted octanol–water partition coefficient (Wildman–Crippen LogP) is 2.73. The minimum Gasteiger partial charge on any atom is -0.361 e. The standard InChI is InChI=1S/C23H24N4O3/c28-21(24-13-12-17-14-25-19-9-5-4-8-18(17)19)11-10-20-22(29)27(23(30)26-20)15-16-6-2-1-3-7-16/h1-9,14,20,25H,10-13,15H2,(H,24,28)(H,26,30)/t20-/m0/s1. The highest BCUT2D eigenvalue weighted by atomic mass is 16.2. The fourth-order valence-corrected chi connectivity index (χ4v) is 3.73. The number of nitrogens with one attached hydrogen (secondary N) is 3. The molecule has 154 valence electrons. The molecule has 7 nitrogen and oxygen atoms in total. The van der Waals surface area contributed by atoms with Gasteiger partial charge in [0.1, 0.15) is 6.04 Å². The summed E-state index contributed by atoms with van der Waals surface area (Å²) in [5.74, 6) is -0.408. The Labute approximate surface area is 174 Å². The number of urea groups is 1. The fraction of sp³-hybridized carbons (Fsp3) is 0.261. The van der Waals surface area contributed by atoms with Gasteiger partial charge in [0.2, 0.25) is 5.91 Å². The lowest BCUT2D eigenvalue weighted by Gasteiger charge is -2.13. The van der Waals surface area contributed by atoms with Crippen molar-refractivity contribution >= 4 is 28.7 Å². The van der Waals surface area contributed by atoms with Crippen LogP contribution in [0.4, 0.5) is 4.79 Å². The van der Waals surface area contributed by atoms with Crippen LogP contribution < -0.4 is 10.6 Å². The van der Waals surface area contributed by atoms with Gasteiger partial charge in [0.15, 0.2) is 0 Å². The first-order valence-electron chi connectivity index (χ1n) is 10.1. The van der Waals surface area contributed by atoms with E-state index in [1.54, 1.807) is 0 Å². The summed E-state index contributed by atoms with van der Waals surface area (Å²) >= 11 is 0. The van der Waals surface area contributed by atoms with Crippen molar-refractivity contribution in [1.82, 2.24) is 20.5 Å². The van der Waals surface area contributed by atoms with Crippen molar-refractivity contribution in [3.8, 4) is 0 Å². The van der Waals surface area contributed by atoms with Crippen molar-refractivity contribution in [2.45, 2.75) is 31.8 Å². The second-order valence-electron chi connectivity index (χ2n) is 7.41. The van der Waals surface area contributed by atoms with E-state index < -0.39 is 12.1 Å². The second-order valence-corrected chi connectivity index (χ2v) is 7.41. The Bertz CT molecular complexity index is 1060. The molecule has 2 aromatic carbocycles. The number of benzene rings is 2. The van der Waals surface area contributed by atoms with Gasteiger partial charge < -0.3 is 15.6 Å². The van der Waals surface area contributed by atoms with Crippen LogP contribution >= 0.6 is 0 Å². The molecule has 4 rings (SSSR count). The van der Waals surface area contributed by atoms with E-state index >= 15 is 0 Å². The Morgan fingerprint density at radius 1 is 1.03 bits per heavy atom. The monoisotopic (exact) mass is 404 g/mol. The summed E-state index contributed by atoms with van der Waals surface area (Å²) in [6.07, 6.45) is 3.16. The summed E-state index contributed by atoms with van der Waals surface area (Å²) in [4.78, 5) is 41.3. The van der Waals surface area contributed by atoms with E-state index in [1.807, 2.05) is 54.7 Å². The molecule has 30 heavy (non-hydrogen) atoms. The molecule has 3 N–H and O–H groups in total. The average molecular weight is 404 g/mol. The maximum atomic E-state index is 12.5. The molecule has 3 aromatic rings. The van der Waals surface area contributed by atoms with Gasteiger partial charge in [-0.15, -0.1) is 0 Å². The molecular formula is C23H24N4O3. The van der Waals surface area contributed by atoms with Crippen molar-refractivity contribution < 1.29 is 14.4 Å². The van der Waals surface area contributed by atoms with Crippen molar-refractivity contribution in [3.05, 3.63) is 71.9 Å². The van der Waals surface area contributed by atoms with Gasteiger partial charge in [-0.3, -0.25) is 14.5 Å². The summed E-state index contributed by atoms with van der Waals surface area (Å²) < 4.78 is 0. The Morgan fingerprint density at radius 2 is 1.80 bits per heavy atom. The third-order valence-corrected chi connectivity index (χ3v) is 5.34. The lowest BCUT2D eigenvalue weighted by molar-refractivity contribution is -0.128. The van der Waals surface area contributed by atoms with E-state index in [0.29, 0.717) is 6.54 Å². The summed E-state index contributed by atoms with van der Waals surface area (Å²) in [5, 5.41) is 6.73. The number of rotatable bonds is 8. The molecule has 0 spiro atoms. The van der Waals surface area contributed by atoms with Crippen LogP contribution in [-0.4, -0.2) is 40.3 Å². The smallest absolute Gasteiger partial charge is 0.325 e. The Morgan fingerprint density at radius 3 is 2.63 bits per heavy atom. The zero-order chi connectivity index (χ0) is 20.9. The van der Waals surface area contributed by atoms with E-state index in [4.69, 9.17) is 0 Å². The lowest BCUT2D eigenvalue weighted by atomic mass is 10.1. The highest BCUT2D eigenvalue weighted by Crippen LogP contribution is 2.18. The van der Waals surface area contributed by atoms with Gasteiger partial charge in [0.05, 0.1) is 6.54 Å². The molecule has 7 heteroatoms. The number of carbonyl (C=O) groups is 3. The molecular weight excluding hydrogens is 380 g/mol. The van der Waals surface area contributed by atoms with E-state index in [1.165, 1.54) is 4.90 Å². The van der Waals surface area contributed by atoms with Crippen LogP contribution in [0.2, 0.25) is 0 Å². The lowest BCUT2D eigenvalue weighted by Crippen LogP contribution is -2.33. The first kappa shape index (κ1) is 19.7. The van der Waals surface area contributed by atoms with Gasteiger partial charge in [-0.1, -0.05) is 48.5 Å². The Hall–Kier alpha value is -3.61. The topological polar surface area (TPSA) is 94.3 Å².